The van der Waals surface area contributed by atoms with E-state index in [1.165, 1.54) is 0 Å². The number of hydrogen-bond donors (Lipinski definition) is 3. The predicted molar refractivity (Wildman–Crippen MR) is 71.1 cm³/mol. The van der Waals surface area contributed by atoms with Crippen molar-refractivity contribution in [1.29, 1.82) is 0 Å². The molecule has 0 spiro atoms. The summed E-state index contributed by atoms with van der Waals surface area (Å²) < 4.78 is 0. The molecule has 18 heavy (non-hydrogen) atoms. The molecule has 2 fully saturated rings. The predicted octanol–water partition coefficient (Wildman–Crippen LogP) is 2.09. The molecule has 0 bridgehead atoms. The van der Waals surface area contributed by atoms with Gasteiger partial charge >= 0.3 is 0 Å². The van der Waals surface area contributed by atoms with Gasteiger partial charge in [-0.3, -0.25) is 0 Å². The number of rotatable bonds is 2. The molecule has 3 heteroatoms. The first kappa shape index (κ1) is 14.3. The van der Waals surface area contributed by atoms with Crippen LogP contribution in [0.2, 0.25) is 0 Å². The maximum atomic E-state index is 10.7. The molecule has 0 heterocycles. The van der Waals surface area contributed by atoms with Gasteiger partial charge < -0.3 is 15.3 Å². The van der Waals surface area contributed by atoms with E-state index in [0.29, 0.717) is 25.2 Å². The summed E-state index contributed by atoms with van der Waals surface area (Å²) in [7, 11) is 0. The third-order valence-corrected chi connectivity index (χ3v) is 5.35. The molecule has 3 N–H and O–H groups in total. The van der Waals surface area contributed by atoms with Crippen molar-refractivity contribution in [3.05, 3.63) is 0 Å². The maximum absolute atomic E-state index is 10.7. The average molecular weight is 256 g/mol. The molecule has 5 atom stereocenters. The van der Waals surface area contributed by atoms with Crippen LogP contribution in [0, 0.1) is 17.3 Å². The summed E-state index contributed by atoms with van der Waals surface area (Å²) >= 11 is 0. The van der Waals surface area contributed by atoms with Crippen molar-refractivity contribution in [2.45, 2.75) is 77.1 Å². The van der Waals surface area contributed by atoms with Gasteiger partial charge in [-0.1, -0.05) is 6.92 Å². The summed E-state index contributed by atoms with van der Waals surface area (Å²) in [6.45, 7) is 7.68. The van der Waals surface area contributed by atoms with E-state index in [-0.39, 0.29) is 17.4 Å². The zero-order valence-electron chi connectivity index (χ0n) is 12.1. The summed E-state index contributed by atoms with van der Waals surface area (Å²) in [6, 6.07) is 0. The number of hydrogen-bond acceptors (Lipinski definition) is 3. The van der Waals surface area contributed by atoms with Crippen LogP contribution in [-0.2, 0) is 0 Å². The Morgan fingerprint density at radius 3 is 2.33 bits per heavy atom. The van der Waals surface area contributed by atoms with E-state index in [4.69, 9.17) is 0 Å². The molecule has 0 saturated heterocycles. The van der Waals surface area contributed by atoms with E-state index in [1.807, 2.05) is 20.8 Å². The highest BCUT2D eigenvalue weighted by Crippen LogP contribution is 2.59. The monoisotopic (exact) mass is 256 g/mol. The Morgan fingerprint density at radius 2 is 1.78 bits per heavy atom. The summed E-state index contributed by atoms with van der Waals surface area (Å²) in [5, 5.41) is 31.1. The molecule has 0 amide bonds. The summed E-state index contributed by atoms with van der Waals surface area (Å²) in [6.07, 6.45) is 3.70. The van der Waals surface area contributed by atoms with Crippen LogP contribution >= 0.6 is 0 Å². The Balaban J connectivity index is 2.27. The fourth-order valence-electron chi connectivity index (χ4n) is 4.72. The highest BCUT2D eigenvalue weighted by Gasteiger charge is 2.59. The quantitative estimate of drug-likeness (QED) is 0.709. The zero-order valence-corrected chi connectivity index (χ0v) is 12.1. The average Bonchev–Trinajstić information content (AvgIpc) is 2.51. The van der Waals surface area contributed by atoms with E-state index >= 15 is 0 Å². The van der Waals surface area contributed by atoms with Crippen molar-refractivity contribution in [2.24, 2.45) is 17.3 Å². The molecule has 0 aromatic carbocycles. The molecule has 2 aliphatic rings. The van der Waals surface area contributed by atoms with Crippen molar-refractivity contribution in [2.75, 3.05) is 0 Å². The number of fused-ring (bicyclic) bond motifs is 1. The number of aliphatic hydroxyl groups excluding tert-OH is 1. The van der Waals surface area contributed by atoms with Gasteiger partial charge in [0.15, 0.2) is 0 Å². The fourth-order valence-corrected chi connectivity index (χ4v) is 4.72. The molecule has 2 unspecified atom stereocenters. The van der Waals surface area contributed by atoms with Gasteiger partial charge in [-0.05, 0) is 70.1 Å². The van der Waals surface area contributed by atoms with Crippen LogP contribution in [0.25, 0.3) is 0 Å². The molecule has 0 aromatic heterocycles. The zero-order chi connectivity index (χ0) is 13.8. The largest absolute Gasteiger partial charge is 0.393 e. The van der Waals surface area contributed by atoms with Crippen LogP contribution in [0.1, 0.15) is 59.8 Å². The fraction of sp³-hybridized carbons (Fsp3) is 1.00. The highest BCUT2D eigenvalue weighted by molar-refractivity contribution is 5.09. The maximum Gasteiger partial charge on any atom is 0.0657 e. The summed E-state index contributed by atoms with van der Waals surface area (Å²) in [5.74, 6) is 0.403. The van der Waals surface area contributed by atoms with E-state index in [1.54, 1.807) is 0 Å². The van der Waals surface area contributed by atoms with Gasteiger partial charge in [0.25, 0.3) is 0 Å². The van der Waals surface area contributed by atoms with Crippen LogP contribution < -0.4 is 0 Å². The second-order valence-electron chi connectivity index (χ2n) is 7.71. The van der Waals surface area contributed by atoms with Crippen LogP contribution in [0.5, 0.6) is 0 Å². The van der Waals surface area contributed by atoms with Gasteiger partial charge in [0, 0.05) is 0 Å². The van der Waals surface area contributed by atoms with Crippen molar-refractivity contribution < 1.29 is 15.3 Å². The van der Waals surface area contributed by atoms with Crippen molar-refractivity contribution in [3.63, 3.8) is 0 Å². The lowest BCUT2D eigenvalue weighted by atomic mass is 9.58. The molecule has 2 rings (SSSR count). The normalized spacial score (nSPS) is 49.2. The minimum atomic E-state index is -0.708. The summed E-state index contributed by atoms with van der Waals surface area (Å²) in [4.78, 5) is 0. The Labute approximate surface area is 110 Å². The van der Waals surface area contributed by atoms with Gasteiger partial charge in [-0.25, -0.2) is 0 Å². The van der Waals surface area contributed by atoms with Crippen LogP contribution in [-0.4, -0.2) is 32.6 Å². The Bertz CT molecular complexity index is 318. The van der Waals surface area contributed by atoms with E-state index in [2.05, 4.69) is 6.92 Å². The SMILES string of the molecule is CC(C)(O)CC1CC[C@@]2(C)C(O)CC[C@](C)(O)[C@H]12. The van der Waals surface area contributed by atoms with Crippen molar-refractivity contribution in [3.8, 4) is 0 Å². The van der Waals surface area contributed by atoms with Crippen molar-refractivity contribution >= 4 is 0 Å². The minimum Gasteiger partial charge on any atom is -0.393 e. The Hall–Kier alpha value is -0.120. The van der Waals surface area contributed by atoms with Gasteiger partial charge in [-0.15, -0.1) is 0 Å². The first-order chi connectivity index (χ1) is 8.06. The lowest BCUT2D eigenvalue weighted by molar-refractivity contribution is -0.152. The molecule has 2 saturated carbocycles. The first-order valence-electron chi connectivity index (χ1n) is 7.19. The van der Waals surface area contributed by atoms with Gasteiger partial charge in [0.1, 0.15) is 0 Å². The number of aliphatic hydroxyl groups is 3. The van der Waals surface area contributed by atoms with Crippen LogP contribution in [0.15, 0.2) is 0 Å². The molecule has 3 nitrogen and oxygen atoms in total. The third-order valence-electron chi connectivity index (χ3n) is 5.35. The lowest BCUT2D eigenvalue weighted by Gasteiger charge is -2.51. The molecule has 106 valence electrons. The molecule has 0 aliphatic heterocycles. The van der Waals surface area contributed by atoms with Gasteiger partial charge in [0.05, 0.1) is 17.3 Å². The highest BCUT2D eigenvalue weighted by atomic mass is 16.3. The van der Waals surface area contributed by atoms with Crippen LogP contribution in [0.4, 0.5) is 0 Å². The lowest BCUT2D eigenvalue weighted by Crippen LogP contribution is -2.54. The molecule has 2 aliphatic carbocycles. The second-order valence-corrected chi connectivity index (χ2v) is 7.71. The molecule has 0 aromatic rings. The Morgan fingerprint density at radius 1 is 1.17 bits per heavy atom. The van der Waals surface area contributed by atoms with Gasteiger partial charge in [0.2, 0.25) is 0 Å². The molecular weight excluding hydrogens is 228 g/mol. The second kappa shape index (κ2) is 4.19. The van der Waals surface area contributed by atoms with E-state index < -0.39 is 11.2 Å². The topological polar surface area (TPSA) is 60.7 Å². The van der Waals surface area contributed by atoms with Crippen LogP contribution in [0.3, 0.4) is 0 Å². The molecule has 0 radical (unpaired) electrons. The third kappa shape index (κ3) is 2.33. The standard InChI is InChI=1S/C15H28O3/c1-13(2,17)9-10-5-7-14(3)11(16)6-8-15(4,18)12(10)14/h10-12,16-18H,5-9H2,1-4H3/t10?,11?,12-,14+,15+/m1/s1. The molecular formula is C15H28O3. The van der Waals surface area contributed by atoms with Crippen molar-refractivity contribution in [1.82, 2.24) is 0 Å². The van der Waals surface area contributed by atoms with E-state index in [0.717, 1.165) is 12.8 Å². The Kier molecular flexibility index (Phi) is 3.33. The minimum absolute atomic E-state index is 0.0974. The smallest absolute Gasteiger partial charge is 0.0657 e. The first-order valence-corrected chi connectivity index (χ1v) is 7.19. The van der Waals surface area contributed by atoms with Gasteiger partial charge in [-0.2, -0.15) is 0 Å². The van der Waals surface area contributed by atoms with E-state index in [9.17, 15) is 15.3 Å². The summed E-state index contributed by atoms with van der Waals surface area (Å²) in [5.41, 5.74) is -1.59.